The molecule has 0 bridgehead atoms. The van der Waals surface area contributed by atoms with Gasteiger partial charge in [-0.15, -0.1) is 0 Å². The van der Waals surface area contributed by atoms with Crippen molar-refractivity contribution in [2.24, 2.45) is 11.5 Å². The zero-order chi connectivity index (χ0) is 17.0. The first-order chi connectivity index (χ1) is 10.9. The lowest BCUT2D eigenvalue weighted by molar-refractivity contribution is -0.118. The summed E-state index contributed by atoms with van der Waals surface area (Å²) in [5, 5.41) is 5.75. The number of amides is 2. The van der Waals surface area contributed by atoms with E-state index in [1.165, 1.54) is 6.20 Å². The summed E-state index contributed by atoms with van der Waals surface area (Å²) in [5.41, 5.74) is 11.4. The van der Waals surface area contributed by atoms with Crippen LogP contribution in [-0.2, 0) is 4.79 Å². The first-order valence-corrected chi connectivity index (χ1v) is 7.41. The molecule has 23 heavy (non-hydrogen) atoms. The number of primary amides is 2. The van der Waals surface area contributed by atoms with E-state index in [1.807, 2.05) is 18.2 Å². The van der Waals surface area contributed by atoms with Gasteiger partial charge >= 0.3 is 0 Å². The van der Waals surface area contributed by atoms with Gasteiger partial charge in [0.15, 0.2) is 0 Å². The summed E-state index contributed by atoms with van der Waals surface area (Å²) in [4.78, 5) is 30.8. The molecule has 6 N–H and O–H groups in total. The van der Waals surface area contributed by atoms with Crippen LogP contribution in [0.4, 0.5) is 17.5 Å². The fourth-order valence-electron chi connectivity index (χ4n) is 1.69. The standard InChI is InChI=1S/C14H15BrN6O2/c1-7(11(16)22)19-14-18-6-10(12(17)23)13(21-14)20-9-4-2-3-8(15)5-9/h2-7H,1H3,(H2,16,22)(H2,17,23)(H2,18,19,20,21). The lowest BCUT2D eigenvalue weighted by Crippen LogP contribution is -2.33. The van der Waals surface area contributed by atoms with Gasteiger partial charge in [-0.3, -0.25) is 9.59 Å². The van der Waals surface area contributed by atoms with Gasteiger partial charge in [-0.1, -0.05) is 22.0 Å². The predicted octanol–water partition coefficient (Wildman–Crippen LogP) is 1.37. The van der Waals surface area contributed by atoms with Crippen LogP contribution >= 0.6 is 15.9 Å². The molecule has 1 aromatic carbocycles. The van der Waals surface area contributed by atoms with E-state index in [-0.39, 0.29) is 17.3 Å². The van der Waals surface area contributed by atoms with Crippen LogP contribution in [0.25, 0.3) is 0 Å². The summed E-state index contributed by atoms with van der Waals surface area (Å²) in [7, 11) is 0. The monoisotopic (exact) mass is 378 g/mol. The number of carbonyl (C=O) groups is 2. The second-order valence-electron chi connectivity index (χ2n) is 4.72. The minimum absolute atomic E-state index is 0.127. The van der Waals surface area contributed by atoms with E-state index < -0.39 is 17.9 Å². The van der Waals surface area contributed by atoms with Crippen LogP contribution in [-0.4, -0.2) is 27.8 Å². The molecule has 0 saturated carbocycles. The normalized spacial score (nSPS) is 11.6. The Morgan fingerprint density at radius 1 is 1.30 bits per heavy atom. The summed E-state index contributed by atoms with van der Waals surface area (Å²) < 4.78 is 0.859. The number of hydrogen-bond donors (Lipinski definition) is 4. The average Bonchev–Trinajstić information content (AvgIpc) is 2.47. The summed E-state index contributed by atoms with van der Waals surface area (Å²) in [6.07, 6.45) is 1.28. The number of nitrogens with two attached hydrogens (primary N) is 2. The molecule has 0 radical (unpaired) electrons. The maximum Gasteiger partial charge on any atom is 0.254 e. The third kappa shape index (κ3) is 4.39. The molecule has 0 aliphatic rings. The van der Waals surface area contributed by atoms with Crippen molar-refractivity contribution in [3.63, 3.8) is 0 Å². The fraction of sp³-hybridized carbons (Fsp3) is 0.143. The van der Waals surface area contributed by atoms with E-state index >= 15 is 0 Å². The van der Waals surface area contributed by atoms with Crippen LogP contribution < -0.4 is 22.1 Å². The van der Waals surface area contributed by atoms with Crippen LogP contribution in [0.3, 0.4) is 0 Å². The third-order valence-electron chi connectivity index (χ3n) is 2.91. The first kappa shape index (κ1) is 16.7. The van der Waals surface area contributed by atoms with Gasteiger partial charge in [0, 0.05) is 16.4 Å². The Labute approximate surface area is 140 Å². The SMILES string of the molecule is CC(Nc1ncc(C(N)=O)c(Nc2cccc(Br)c2)n1)C(N)=O. The van der Waals surface area contributed by atoms with E-state index in [2.05, 4.69) is 36.5 Å². The van der Waals surface area contributed by atoms with Crippen molar-refractivity contribution >= 4 is 45.2 Å². The molecule has 1 unspecified atom stereocenters. The smallest absolute Gasteiger partial charge is 0.254 e. The van der Waals surface area contributed by atoms with Gasteiger partial charge in [0.1, 0.15) is 17.4 Å². The molecule has 1 atom stereocenters. The Morgan fingerprint density at radius 2 is 2.04 bits per heavy atom. The number of hydrogen-bond acceptors (Lipinski definition) is 6. The van der Waals surface area contributed by atoms with Gasteiger partial charge in [-0.25, -0.2) is 4.98 Å². The Morgan fingerprint density at radius 3 is 2.65 bits per heavy atom. The number of nitrogens with one attached hydrogen (secondary N) is 2. The average molecular weight is 379 g/mol. The van der Waals surface area contributed by atoms with Crippen molar-refractivity contribution in [3.8, 4) is 0 Å². The molecule has 2 rings (SSSR count). The Bertz CT molecular complexity index is 752. The van der Waals surface area contributed by atoms with Gasteiger partial charge in [0.25, 0.3) is 5.91 Å². The first-order valence-electron chi connectivity index (χ1n) is 6.62. The highest BCUT2D eigenvalue weighted by molar-refractivity contribution is 9.10. The van der Waals surface area contributed by atoms with Crippen LogP contribution in [0.2, 0.25) is 0 Å². The number of rotatable bonds is 6. The second kappa shape index (κ2) is 7.05. The number of halogens is 1. The molecular weight excluding hydrogens is 364 g/mol. The molecule has 0 fully saturated rings. The second-order valence-corrected chi connectivity index (χ2v) is 5.64. The molecule has 120 valence electrons. The minimum atomic E-state index is -0.669. The lowest BCUT2D eigenvalue weighted by Gasteiger charge is -2.13. The summed E-state index contributed by atoms with van der Waals surface area (Å²) in [6.45, 7) is 1.58. The fourth-order valence-corrected chi connectivity index (χ4v) is 2.09. The highest BCUT2D eigenvalue weighted by Gasteiger charge is 2.15. The van der Waals surface area contributed by atoms with E-state index in [0.29, 0.717) is 5.69 Å². The molecule has 0 saturated heterocycles. The Hall–Kier alpha value is -2.68. The number of benzene rings is 1. The molecule has 2 aromatic rings. The van der Waals surface area contributed by atoms with E-state index in [0.717, 1.165) is 4.47 Å². The van der Waals surface area contributed by atoms with Gasteiger partial charge < -0.3 is 22.1 Å². The third-order valence-corrected chi connectivity index (χ3v) is 3.41. The minimum Gasteiger partial charge on any atom is -0.368 e. The zero-order valence-electron chi connectivity index (χ0n) is 12.2. The molecule has 1 aromatic heterocycles. The van der Waals surface area contributed by atoms with Crippen molar-refractivity contribution in [2.75, 3.05) is 10.6 Å². The molecule has 8 nitrogen and oxygen atoms in total. The number of anilines is 3. The van der Waals surface area contributed by atoms with Crippen LogP contribution in [0.5, 0.6) is 0 Å². The maximum atomic E-state index is 11.5. The molecule has 0 spiro atoms. The van der Waals surface area contributed by atoms with Crippen molar-refractivity contribution < 1.29 is 9.59 Å². The summed E-state index contributed by atoms with van der Waals surface area (Å²) in [6, 6.07) is 6.64. The molecule has 2 amide bonds. The van der Waals surface area contributed by atoms with Crippen LogP contribution in [0.1, 0.15) is 17.3 Å². The van der Waals surface area contributed by atoms with Gasteiger partial charge in [0.05, 0.1) is 0 Å². The molecule has 0 aliphatic carbocycles. The van der Waals surface area contributed by atoms with E-state index in [4.69, 9.17) is 11.5 Å². The molecular formula is C14H15BrN6O2. The maximum absolute atomic E-state index is 11.5. The van der Waals surface area contributed by atoms with Crippen molar-refractivity contribution in [3.05, 3.63) is 40.5 Å². The van der Waals surface area contributed by atoms with Crippen molar-refractivity contribution in [1.82, 2.24) is 9.97 Å². The molecule has 1 heterocycles. The van der Waals surface area contributed by atoms with Gasteiger partial charge in [0.2, 0.25) is 11.9 Å². The van der Waals surface area contributed by atoms with Crippen molar-refractivity contribution in [1.29, 1.82) is 0 Å². The Balaban J connectivity index is 2.34. The number of nitrogens with zero attached hydrogens (tertiary/aromatic N) is 2. The van der Waals surface area contributed by atoms with Gasteiger partial charge in [-0.05, 0) is 25.1 Å². The number of carbonyl (C=O) groups excluding carboxylic acids is 2. The van der Waals surface area contributed by atoms with Crippen LogP contribution in [0.15, 0.2) is 34.9 Å². The van der Waals surface area contributed by atoms with Crippen molar-refractivity contribution in [2.45, 2.75) is 13.0 Å². The van der Waals surface area contributed by atoms with E-state index in [9.17, 15) is 9.59 Å². The molecule has 9 heteroatoms. The lowest BCUT2D eigenvalue weighted by atomic mass is 10.2. The predicted molar refractivity (Wildman–Crippen MR) is 90.3 cm³/mol. The number of aromatic nitrogens is 2. The quantitative estimate of drug-likeness (QED) is 0.599. The summed E-state index contributed by atoms with van der Waals surface area (Å²) in [5.74, 6) is -0.838. The topological polar surface area (TPSA) is 136 Å². The Kier molecular flexibility index (Phi) is 5.12. The molecule has 0 aliphatic heterocycles. The largest absolute Gasteiger partial charge is 0.368 e. The zero-order valence-corrected chi connectivity index (χ0v) is 13.8. The van der Waals surface area contributed by atoms with E-state index in [1.54, 1.807) is 13.0 Å². The van der Waals surface area contributed by atoms with Gasteiger partial charge in [-0.2, -0.15) is 4.98 Å². The summed E-state index contributed by atoms with van der Waals surface area (Å²) >= 11 is 3.36. The highest BCUT2D eigenvalue weighted by atomic mass is 79.9. The highest BCUT2D eigenvalue weighted by Crippen LogP contribution is 2.22. The van der Waals surface area contributed by atoms with Crippen LogP contribution in [0, 0.1) is 0 Å².